The second-order valence-corrected chi connectivity index (χ2v) is 11.3. The maximum atomic E-state index is 13.9. The van der Waals surface area contributed by atoms with Crippen molar-refractivity contribution in [2.75, 3.05) is 0 Å². The Hall–Kier alpha value is -1.87. The summed E-state index contributed by atoms with van der Waals surface area (Å²) in [6.45, 7) is 15.3. The van der Waals surface area contributed by atoms with Crippen LogP contribution < -0.4 is 0 Å². The molecule has 1 aromatic carbocycles. The molecular weight excluding hydrogens is 396 g/mol. The van der Waals surface area contributed by atoms with Gasteiger partial charge < -0.3 is 10.2 Å². The number of Topliss-reactive ketones (excluding diaryl/α,β-unsaturated/α-hetero) is 1. The minimum atomic E-state index is -0.407. The molecule has 2 N–H and O–H groups in total. The molecule has 0 saturated heterocycles. The van der Waals surface area contributed by atoms with Gasteiger partial charge in [-0.25, -0.2) is 0 Å². The van der Waals surface area contributed by atoms with E-state index in [1.54, 1.807) is 0 Å². The predicted molar refractivity (Wildman–Crippen MR) is 132 cm³/mol. The first kappa shape index (κ1) is 24.8. The summed E-state index contributed by atoms with van der Waals surface area (Å²) in [5.74, 6) is 1.90. The van der Waals surface area contributed by atoms with Crippen LogP contribution in [0.15, 0.2) is 41.7 Å². The highest BCUT2D eigenvalue weighted by Crippen LogP contribution is 2.50. The number of benzene rings is 1. The fourth-order valence-electron chi connectivity index (χ4n) is 6.10. The number of aryl methyl sites for hydroxylation is 1. The number of fused-ring (bicyclic) bond motifs is 1. The zero-order chi connectivity index (χ0) is 22.4. The Morgan fingerprint density at radius 2 is 1.84 bits per heavy atom. The monoisotopic (exact) mass is 438 g/mol. The van der Waals surface area contributed by atoms with Gasteiger partial charge in [0.2, 0.25) is 0 Å². The zero-order valence-corrected chi connectivity index (χ0v) is 20.8. The number of allylic oxidation sites excluding steroid dienone is 1. The predicted octanol–water partition coefficient (Wildman–Crippen LogP) is 6.42. The first-order valence-electron chi connectivity index (χ1n) is 12.4. The van der Waals surface area contributed by atoms with Crippen molar-refractivity contribution in [2.24, 2.45) is 11.8 Å². The number of ether oxygens (including phenoxy) is 1. The normalized spacial score (nSPS) is 27.7. The summed E-state index contributed by atoms with van der Waals surface area (Å²) >= 11 is 0. The van der Waals surface area contributed by atoms with Crippen molar-refractivity contribution >= 4 is 5.78 Å². The van der Waals surface area contributed by atoms with Crippen LogP contribution in [0, 0.1) is 11.8 Å². The molecule has 0 bridgehead atoms. The van der Waals surface area contributed by atoms with Gasteiger partial charge in [0.15, 0.2) is 5.78 Å². The molecule has 32 heavy (non-hydrogen) atoms. The van der Waals surface area contributed by atoms with E-state index in [-0.39, 0.29) is 16.8 Å². The Balaban J connectivity index is 0.00000289. The lowest BCUT2D eigenvalue weighted by atomic mass is 9.69. The molecule has 3 aliphatic rings. The summed E-state index contributed by atoms with van der Waals surface area (Å²) in [6, 6.07) is 6.91. The van der Waals surface area contributed by atoms with E-state index in [9.17, 15) is 4.79 Å². The standard InChI is InChI=1S/C29H40O2.H2O/c1-7-8-21-13-15-29(16-14-21)26(19(2)20(3)31-29)27(30)23-10-9-22-11-12-25(28(4,5)6)18-24(22)17-23;/h11-12,18,21,23H,3,7-10,13-17H2,1-2,4-6H3;1H2. The smallest absolute Gasteiger partial charge is 0.166 e. The van der Waals surface area contributed by atoms with Gasteiger partial charge in [-0.15, -0.1) is 0 Å². The van der Waals surface area contributed by atoms with Crippen LogP contribution in [0.1, 0.15) is 96.3 Å². The summed E-state index contributed by atoms with van der Waals surface area (Å²) < 4.78 is 6.40. The first-order chi connectivity index (χ1) is 14.6. The van der Waals surface area contributed by atoms with Crippen LogP contribution in [0.5, 0.6) is 0 Å². The van der Waals surface area contributed by atoms with E-state index in [1.165, 1.54) is 29.5 Å². The van der Waals surface area contributed by atoms with Gasteiger partial charge in [0, 0.05) is 17.1 Å². The van der Waals surface area contributed by atoms with Crippen LogP contribution in [-0.4, -0.2) is 16.9 Å². The van der Waals surface area contributed by atoms with Crippen LogP contribution in [0.25, 0.3) is 0 Å². The Kier molecular flexibility index (Phi) is 7.10. The molecule has 4 rings (SSSR count). The lowest BCUT2D eigenvalue weighted by Gasteiger charge is -2.39. The van der Waals surface area contributed by atoms with Gasteiger partial charge in [-0.3, -0.25) is 4.79 Å². The van der Waals surface area contributed by atoms with E-state index < -0.39 is 5.60 Å². The van der Waals surface area contributed by atoms with Crippen LogP contribution in [0.2, 0.25) is 0 Å². The SMILES string of the molecule is C=C1OC2(CCC(CCC)CC2)C(C(=O)C2CCc3ccc(C(C)(C)C)cc3C2)=C1C.O. The first-order valence-corrected chi connectivity index (χ1v) is 12.4. The number of hydrogen-bond acceptors (Lipinski definition) is 2. The van der Waals surface area contributed by atoms with Crippen LogP contribution in [0.4, 0.5) is 0 Å². The molecule has 1 unspecified atom stereocenters. The Labute approximate surface area is 194 Å². The second-order valence-electron chi connectivity index (χ2n) is 11.3. The fraction of sp³-hybridized carbons (Fsp3) is 0.621. The van der Waals surface area contributed by atoms with E-state index in [0.717, 1.165) is 67.8 Å². The van der Waals surface area contributed by atoms with Gasteiger partial charge in [-0.1, -0.05) is 65.3 Å². The molecule has 1 heterocycles. The Bertz CT molecular complexity index is 907. The number of carbonyl (C=O) groups is 1. The average molecular weight is 439 g/mol. The van der Waals surface area contributed by atoms with E-state index in [4.69, 9.17) is 4.74 Å². The van der Waals surface area contributed by atoms with Gasteiger partial charge in [0.1, 0.15) is 11.4 Å². The number of hydrogen-bond donors (Lipinski definition) is 0. The Morgan fingerprint density at radius 1 is 1.16 bits per heavy atom. The van der Waals surface area contributed by atoms with Gasteiger partial charge in [-0.2, -0.15) is 0 Å². The van der Waals surface area contributed by atoms with E-state index in [1.807, 2.05) is 0 Å². The maximum Gasteiger partial charge on any atom is 0.166 e. The molecule has 1 atom stereocenters. The largest absolute Gasteiger partial charge is 0.483 e. The molecule has 1 aliphatic heterocycles. The topological polar surface area (TPSA) is 57.8 Å². The molecule has 1 aromatic rings. The maximum absolute atomic E-state index is 13.9. The van der Waals surface area contributed by atoms with Crippen molar-refractivity contribution in [1.82, 2.24) is 0 Å². The lowest BCUT2D eigenvalue weighted by Crippen LogP contribution is -2.41. The number of ketones is 1. The summed E-state index contributed by atoms with van der Waals surface area (Å²) in [6.07, 6.45) is 9.58. The van der Waals surface area contributed by atoms with Crippen molar-refractivity contribution in [2.45, 2.75) is 103 Å². The summed E-state index contributed by atoms with van der Waals surface area (Å²) in [5, 5.41) is 0. The molecular formula is C29H42O3. The quantitative estimate of drug-likeness (QED) is 0.544. The van der Waals surface area contributed by atoms with Crippen molar-refractivity contribution in [3.05, 3.63) is 58.4 Å². The highest BCUT2D eigenvalue weighted by molar-refractivity contribution is 6.01. The number of rotatable bonds is 4. The van der Waals surface area contributed by atoms with Crippen molar-refractivity contribution < 1.29 is 15.0 Å². The molecule has 1 fully saturated rings. The molecule has 3 nitrogen and oxygen atoms in total. The molecule has 176 valence electrons. The van der Waals surface area contributed by atoms with Crippen LogP contribution in [-0.2, 0) is 27.8 Å². The third kappa shape index (κ3) is 4.46. The van der Waals surface area contributed by atoms with Gasteiger partial charge in [0.25, 0.3) is 0 Å². The summed E-state index contributed by atoms with van der Waals surface area (Å²) in [5.41, 5.74) is 5.84. The van der Waals surface area contributed by atoms with Crippen LogP contribution >= 0.6 is 0 Å². The van der Waals surface area contributed by atoms with Gasteiger partial charge >= 0.3 is 0 Å². The van der Waals surface area contributed by atoms with Crippen molar-refractivity contribution in [3.8, 4) is 0 Å². The highest BCUT2D eigenvalue weighted by atomic mass is 16.5. The van der Waals surface area contributed by atoms with Gasteiger partial charge in [0.05, 0.1) is 0 Å². The highest BCUT2D eigenvalue weighted by Gasteiger charge is 2.49. The summed E-state index contributed by atoms with van der Waals surface area (Å²) in [7, 11) is 0. The lowest BCUT2D eigenvalue weighted by molar-refractivity contribution is -0.122. The molecule has 1 saturated carbocycles. The third-order valence-corrected chi connectivity index (χ3v) is 8.10. The zero-order valence-electron chi connectivity index (χ0n) is 20.8. The van der Waals surface area contributed by atoms with E-state index >= 15 is 0 Å². The van der Waals surface area contributed by atoms with Crippen molar-refractivity contribution in [1.29, 1.82) is 0 Å². The minimum absolute atomic E-state index is 0. The molecule has 2 aliphatic carbocycles. The van der Waals surface area contributed by atoms with Crippen LogP contribution in [0.3, 0.4) is 0 Å². The minimum Gasteiger partial charge on any atom is -0.483 e. The third-order valence-electron chi connectivity index (χ3n) is 8.10. The van der Waals surface area contributed by atoms with E-state index in [0.29, 0.717) is 5.78 Å². The molecule has 1 spiro atoms. The van der Waals surface area contributed by atoms with Gasteiger partial charge in [-0.05, 0) is 79.9 Å². The molecule has 0 amide bonds. The molecule has 0 aromatic heterocycles. The molecule has 0 radical (unpaired) electrons. The summed E-state index contributed by atoms with van der Waals surface area (Å²) in [4.78, 5) is 13.9. The molecule has 3 heteroatoms. The fourth-order valence-corrected chi connectivity index (χ4v) is 6.10. The van der Waals surface area contributed by atoms with Crippen molar-refractivity contribution in [3.63, 3.8) is 0 Å². The second kappa shape index (κ2) is 9.17. The number of carbonyl (C=O) groups excluding carboxylic acids is 1. The Morgan fingerprint density at radius 3 is 2.47 bits per heavy atom. The van der Waals surface area contributed by atoms with E-state index in [2.05, 4.69) is 59.4 Å². The average Bonchev–Trinajstić information content (AvgIpc) is 2.97.